The summed E-state index contributed by atoms with van der Waals surface area (Å²) in [7, 11) is 0. The van der Waals surface area contributed by atoms with Crippen molar-refractivity contribution in [3.8, 4) is 17.6 Å². The van der Waals surface area contributed by atoms with E-state index in [1.54, 1.807) is 30.3 Å². The molecule has 2 rings (SSSR count). The SMILES string of the molecule is N#CC(O)c1ccc(Oc2ccc(Cl)cc2)c(F)c1. The van der Waals surface area contributed by atoms with Crippen LogP contribution in [0.4, 0.5) is 4.39 Å². The molecule has 0 aliphatic heterocycles. The highest BCUT2D eigenvalue weighted by Gasteiger charge is 2.11. The molecular weight excluding hydrogens is 269 g/mol. The van der Waals surface area contributed by atoms with E-state index < -0.39 is 11.9 Å². The molecule has 0 heterocycles. The number of hydrogen-bond donors (Lipinski definition) is 1. The molecule has 2 aromatic carbocycles. The number of aliphatic hydroxyl groups excluding tert-OH is 1. The summed E-state index contributed by atoms with van der Waals surface area (Å²) in [6, 6.07) is 12.0. The fourth-order valence-electron chi connectivity index (χ4n) is 1.47. The Balaban J connectivity index is 2.22. The highest BCUT2D eigenvalue weighted by Crippen LogP contribution is 2.27. The van der Waals surface area contributed by atoms with Gasteiger partial charge in [-0.2, -0.15) is 5.26 Å². The summed E-state index contributed by atoms with van der Waals surface area (Å²) in [5.74, 6) is -0.199. The molecule has 0 aliphatic carbocycles. The largest absolute Gasteiger partial charge is 0.454 e. The maximum Gasteiger partial charge on any atom is 0.166 e. The van der Waals surface area contributed by atoms with Crippen LogP contribution in [0.3, 0.4) is 0 Å². The third-order valence-corrected chi connectivity index (χ3v) is 2.69. The van der Waals surface area contributed by atoms with Gasteiger partial charge in [0.25, 0.3) is 0 Å². The quantitative estimate of drug-likeness (QED) is 0.868. The Bertz CT molecular complexity index is 622. The van der Waals surface area contributed by atoms with E-state index in [-0.39, 0.29) is 11.3 Å². The van der Waals surface area contributed by atoms with Crippen LogP contribution in [0.15, 0.2) is 42.5 Å². The molecule has 5 heteroatoms. The van der Waals surface area contributed by atoms with Crippen LogP contribution < -0.4 is 4.74 Å². The number of rotatable bonds is 3. The average molecular weight is 278 g/mol. The summed E-state index contributed by atoms with van der Waals surface area (Å²) in [5, 5.41) is 18.4. The maximum absolute atomic E-state index is 13.7. The van der Waals surface area contributed by atoms with Crippen LogP contribution >= 0.6 is 11.6 Å². The summed E-state index contributed by atoms with van der Waals surface area (Å²) in [4.78, 5) is 0. The van der Waals surface area contributed by atoms with Crippen LogP contribution in [0.1, 0.15) is 11.7 Å². The van der Waals surface area contributed by atoms with Crippen molar-refractivity contribution in [1.29, 1.82) is 5.26 Å². The first-order valence-electron chi connectivity index (χ1n) is 5.40. The van der Waals surface area contributed by atoms with E-state index in [0.29, 0.717) is 10.8 Å². The molecule has 1 N–H and O–H groups in total. The van der Waals surface area contributed by atoms with Gasteiger partial charge in [0.15, 0.2) is 17.7 Å². The average Bonchev–Trinajstić information content (AvgIpc) is 2.42. The van der Waals surface area contributed by atoms with Crippen LogP contribution in [0.5, 0.6) is 11.5 Å². The molecule has 1 atom stereocenters. The van der Waals surface area contributed by atoms with Gasteiger partial charge in [-0.1, -0.05) is 17.7 Å². The topological polar surface area (TPSA) is 53.2 Å². The number of aliphatic hydroxyl groups is 1. The second kappa shape index (κ2) is 5.70. The predicted octanol–water partition coefficient (Wildman–Crippen LogP) is 3.83. The Kier molecular flexibility index (Phi) is 4.00. The van der Waals surface area contributed by atoms with Crippen molar-refractivity contribution >= 4 is 11.6 Å². The van der Waals surface area contributed by atoms with Gasteiger partial charge in [0.1, 0.15) is 5.75 Å². The summed E-state index contributed by atoms with van der Waals surface area (Å²) in [5.41, 5.74) is 0.184. The van der Waals surface area contributed by atoms with E-state index in [2.05, 4.69) is 0 Å². The van der Waals surface area contributed by atoms with E-state index in [0.717, 1.165) is 6.07 Å². The normalized spacial score (nSPS) is 11.7. The molecule has 0 saturated heterocycles. The third kappa shape index (κ3) is 3.22. The van der Waals surface area contributed by atoms with Crippen LogP contribution in [0, 0.1) is 17.1 Å². The summed E-state index contributed by atoms with van der Waals surface area (Å²) < 4.78 is 19.1. The highest BCUT2D eigenvalue weighted by atomic mass is 35.5. The molecule has 0 aliphatic rings. The zero-order chi connectivity index (χ0) is 13.8. The molecule has 3 nitrogen and oxygen atoms in total. The standard InChI is InChI=1S/C14H9ClFNO2/c15-10-2-4-11(5-3-10)19-14-6-1-9(7-12(14)16)13(18)8-17/h1-7,13,18H. The van der Waals surface area contributed by atoms with E-state index in [9.17, 15) is 9.50 Å². The van der Waals surface area contributed by atoms with Gasteiger partial charge in [0, 0.05) is 5.02 Å². The van der Waals surface area contributed by atoms with Crippen molar-refractivity contribution < 1.29 is 14.2 Å². The Labute approximate surface area is 114 Å². The maximum atomic E-state index is 13.7. The van der Waals surface area contributed by atoms with Gasteiger partial charge in [-0.3, -0.25) is 0 Å². The molecule has 19 heavy (non-hydrogen) atoms. The van der Waals surface area contributed by atoms with Gasteiger partial charge in [0.05, 0.1) is 6.07 Å². The minimum absolute atomic E-state index is 0.0104. The highest BCUT2D eigenvalue weighted by molar-refractivity contribution is 6.30. The number of ether oxygens (including phenoxy) is 1. The van der Waals surface area contributed by atoms with Crippen molar-refractivity contribution in [2.24, 2.45) is 0 Å². The van der Waals surface area contributed by atoms with Crippen molar-refractivity contribution in [3.63, 3.8) is 0 Å². The monoisotopic (exact) mass is 277 g/mol. The summed E-state index contributed by atoms with van der Waals surface area (Å²) in [6.45, 7) is 0. The molecule has 0 saturated carbocycles. The van der Waals surface area contributed by atoms with Crippen molar-refractivity contribution in [2.45, 2.75) is 6.10 Å². The van der Waals surface area contributed by atoms with E-state index in [4.69, 9.17) is 21.6 Å². The number of benzene rings is 2. The number of hydrogen-bond acceptors (Lipinski definition) is 3. The molecule has 0 spiro atoms. The summed E-state index contributed by atoms with van der Waals surface area (Å²) in [6.07, 6.45) is -1.35. The third-order valence-electron chi connectivity index (χ3n) is 2.44. The number of nitriles is 1. The van der Waals surface area contributed by atoms with Gasteiger partial charge in [-0.25, -0.2) is 4.39 Å². The fourth-order valence-corrected chi connectivity index (χ4v) is 1.60. The van der Waals surface area contributed by atoms with Gasteiger partial charge in [-0.05, 0) is 42.0 Å². The zero-order valence-corrected chi connectivity index (χ0v) is 10.4. The van der Waals surface area contributed by atoms with Crippen LogP contribution in [0.25, 0.3) is 0 Å². The number of halogens is 2. The fraction of sp³-hybridized carbons (Fsp3) is 0.0714. The molecule has 96 valence electrons. The lowest BCUT2D eigenvalue weighted by Gasteiger charge is -2.09. The van der Waals surface area contributed by atoms with Crippen LogP contribution in [-0.4, -0.2) is 5.11 Å². The molecule has 0 amide bonds. The molecular formula is C14H9ClFNO2. The Hall–Kier alpha value is -2.09. The minimum atomic E-state index is -1.35. The van der Waals surface area contributed by atoms with Gasteiger partial charge in [0.2, 0.25) is 0 Å². The second-order valence-corrected chi connectivity index (χ2v) is 4.21. The van der Waals surface area contributed by atoms with Crippen LogP contribution in [-0.2, 0) is 0 Å². The van der Waals surface area contributed by atoms with Crippen molar-refractivity contribution in [1.82, 2.24) is 0 Å². The molecule has 0 aromatic heterocycles. The molecule has 2 aromatic rings. The van der Waals surface area contributed by atoms with E-state index >= 15 is 0 Å². The van der Waals surface area contributed by atoms with Gasteiger partial charge < -0.3 is 9.84 Å². The molecule has 0 fully saturated rings. The van der Waals surface area contributed by atoms with E-state index in [1.807, 2.05) is 0 Å². The summed E-state index contributed by atoms with van der Waals surface area (Å²) >= 11 is 5.73. The Morgan fingerprint density at radius 1 is 1.21 bits per heavy atom. The second-order valence-electron chi connectivity index (χ2n) is 3.78. The lowest BCUT2D eigenvalue weighted by atomic mass is 10.1. The van der Waals surface area contributed by atoms with Crippen molar-refractivity contribution in [3.05, 3.63) is 58.9 Å². The first-order valence-corrected chi connectivity index (χ1v) is 5.78. The lowest BCUT2D eigenvalue weighted by Crippen LogP contribution is -1.96. The lowest BCUT2D eigenvalue weighted by molar-refractivity contribution is 0.235. The van der Waals surface area contributed by atoms with E-state index in [1.165, 1.54) is 12.1 Å². The molecule has 0 radical (unpaired) electrons. The smallest absolute Gasteiger partial charge is 0.166 e. The van der Waals surface area contributed by atoms with Crippen molar-refractivity contribution in [2.75, 3.05) is 0 Å². The zero-order valence-electron chi connectivity index (χ0n) is 9.68. The van der Waals surface area contributed by atoms with Crippen LogP contribution in [0.2, 0.25) is 5.02 Å². The Morgan fingerprint density at radius 3 is 2.47 bits per heavy atom. The minimum Gasteiger partial charge on any atom is -0.454 e. The predicted molar refractivity (Wildman–Crippen MR) is 68.5 cm³/mol. The molecule has 1 unspecified atom stereocenters. The first kappa shape index (κ1) is 13.3. The molecule has 0 bridgehead atoms. The van der Waals surface area contributed by atoms with Gasteiger partial charge in [-0.15, -0.1) is 0 Å². The first-order chi connectivity index (χ1) is 9.10. The van der Waals surface area contributed by atoms with Gasteiger partial charge >= 0.3 is 0 Å². The Morgan fingerprint density at radius 2 is 1.89 bits per heavy atom. The number of nitrogens with zero attached hydrogens (tertiary/aromatic N) is 1.